The number of nitrogens with one attached hydrogen (secondary N) is 1. The van der Waals surface area contributed by atoms with E-state index in [4.69, 9.17) is 4.74 Å². The maximum Gasteiger partial charge on any atom is 0.418 e. The molecule has 0 bridgehead atoms. The second-order valence-corrected chi connectivity index (χ2v) is 9.60. The number of para-hydroxylation sites is 1. The molecule has 42 heavy (non-hydrogen) atoms. The molecule has 0 fully saturated rings. The third-order valence-electron chi connectivity index (χ3n) is 6.80. The van der Waals surface area contributed by atoms with Gasteiger partial charge in [-0.2, -0.15) is 13.2 Å². The molecule has 0 amide bonds. The summed E-state index contributed by atoms with van der Waals surface area (Å²) in [6.07, 6.45) is -2.82. The van der Waals surface area contributed by atoms with E-state index in [1.54, 1.807) is 60.7 Å². The number of aromatic amines is 1. The van der Waals surface area contributed by atoms with Gasteiger partial charge in [0.15, 0.2) is 11.6 Å². The molecule has 0 spiro atoms. The van der Waals surface area contributed by atoms with Crippen LogP contribution in [0.5, 0.6) is 5.75 Å². The number of carbonyl (C=O) groups is 1. The Morgan fingerprint density at radius 3 is 2.36 bits per heavy atom. The fourth-order valence-corrected chi connectivity index (χ4v) is 4.79. The summed E-state index contributed by atoms with van der Waals surface area (Å²) in [5.74, 6) is 0.816. The maximum absolute atomic E-state index is 13.9. The highest BCUT2D eigenvalue weighted by atomic mass is 19.4. The molecule has 0 saturated heterocycles. The highest BCUT2D eigenvalue weighted by Crippen LogP contribution is 2.39. The molecule has 0 aliphatic heterocycles. The largest absolute Gasteiger partial charge is 0.489 e. The predicted molar refractivity (Wildman–Crippen MR) is 150 cm³/mol. The lowest BCUT2D eigenvalue weighted by atomic mass is 9.91. The Morgan fingerprint density at radius 1 is 0.857 bits per heavy atom. The number of carbonyl (C=O) groups excluding carboxylic acids is 1. The number of benzene rings is 4. The van der Waals surface area contributed by atoms with Crippen molar-refractivity contribution in [1.29, 1.82) is 0 Å². The van der Waals surface area contributed by atoms with Crippen LogP contribution in [0.25, 0.3) is 22.0 Å². The standard InChI is InChI=1S/C32H22F3N5O2/c33-32(34,35)27-11-5-10-25-29(26(18-36-30(25)27)31(41)22-6-2-1-3-7-22)23-8-4-9-24(17-23)42-19-21-14-12-20(13-15-21)16-28-37-39-40-38-28/h1-15,17-18H,16,19H2,(H,37,38,39,40). The summed E-state index contributed by atoms with van der Waals surface area (Å²) in [5, 5.41) is 14.0. The van der Waals surface area contributed by atoms with Gasteiger partial charge >= 0.3 is 6.18 Å². The average Bonchev–Trinajstić information content (AvgIpc) is 3.52. The summed E-state index contributed by atoms with van der Waals surface area (Å²) in [6, 6.07) is 27.2. The molecule has 6 aromatic rings. The Morgan fingerprint density at radius 2 is 1.62 bits per heavy atom. The smallest absolute Gasteiger partial charge is 0.418 e. The van der Waals surface area contributed by atoms with Gasteiger partial charge in [-0.05, 0) is 45.3 Å². The van der Waals surface area contributed by atoms with Crippen molar-refractivity contribution in [3.05, 3.63) is 137 Å². The SMILES string of the molecule is O=C(c1ccccc1)c1cnc2c(C(F)(F)F)cccc2c1-c1cccc(OCc2ccc(Cc3nnn[nH]3)cc2)c1. The summed E-state index contributed by atoms with van der Waals surface area (Å²) < 4.78 is 47.7. The quantitative estimate of drug-likeness (QED) is 0.203. The number of H-pyrrole nitrogens is 1. The van der Waals surface area contributed by atoms with E-state index >= 15 is 0 Å². The van der Waals surface area contributed by atoms with Crippen LogP contribution in [0.4, 0.5) is 13.2 Å². The van der Waals surface area contributed by atoms with Crippen LogP contribution in [0.2, 0.25) is 0 Å². The normalized spacial score (nSPS) is 11.5. The van der Waals surface area contributed by atoms with Gasteiger partial charge in [-0.1, -0.05) is 78.9 Å². The van der Waals surface area contributed by atoms with Gasteiger partial charge in [-0.25, -0.2) is 5.10 Å². The molecule has 0 radical (unpaired) electrons. The molecule has 2 heterocycles. The average molecular weight is 566 g/mol. The highest BCUT2D eigenvalue weighted by molar-refractivity contribution is 6.16. The number of fused-ring (bicyclic) bond motifs is 1. The van der Waals surface area contributed by atoms with Gasteiger partial charge in [0.2, 0.25) is 0 Å². The topological polar surface area (TPSA) is 93.7 Å². The van der Waals surface area contributed by atoms with Crippen molar-refractivity contribution in [2.45, 2.75) is 19.2 Å². The molecular weight excluding hydrogens is 543 g/mol. The first-order chi connectivity index (χ1) is 20.4. The molecule has 0 atom stereocenters. The number of aromatic nitrogens is 5. The van der Waals surface area contributed by atoms with Crippen molar-refractivity contribution in [3.8, 4) is 16.9 Å². The van der Waals surface area contributed by atoms with E-state index in [0.29, 0.717) is 34.7 Å². The lowest BCUT2D eigenvalue weighted by Gasteiger charge is -2.16. The van der Waals surface area contributed by atoms with Crippen molar-refractivity contribution >= 4 is 16.7 Å². The van der Waals surface area contributed by atoms with Crippen LogP contribution >= 0.6 is 0 Å². The van der Waals surface area contributed by atoms with Gasteiger partial charge in [-0.15, -0.1) is 5.10 Å². The molecular formula is C32H22F3N5O2. The molecule has 7 nitrogen and oxygen atoms in total. The maximum atomic E-state index is 13.9. The van der Waals surface area contributed by atoms with Gasteiger partial charge in [0, 0.05) is 34.7 Å². The molecule has 4 aromatic carbocycles. The number of ether oxygens (including phenoxy) is 1. The van der Waals surface area contributed by atoms with Crippen LogP contribution in [0.15, 0.2) is 103 Å². The zero-order valence-corrected chi connectivity index (χ0v) is 22.0. The van der Waals surface area contributed by atoms with Gasteiger partial charge in [0.1, 0.15) is 12.4 Å². The lowest BCUT2D eigenvalue weighted by Crippen LogP contribution is -2.09. The van der Waals surface area contributed by atoms with Gasteiger partial charge in [0.25, 0.3) is 0 Å². The predicted octanol–water partition coefficient (Wildman–Crippen LogP) is 6.83. The van der Waals surface area contributed by atoms with Crippen LogP contribution in [0, 0.1) is 0 Å². The van der Waals surface area contributed by atoms with Crippen LogP contribution < -0.4 is 4.74 Å². The van der Waals surface area contributed by atoms with Crippen LogP contribution in [0.3, 0.4) is 0 Å². The van der Waals surface area contributed by atoms with Crippen LogP contribution in [-0.4, -0.2) is 31.4 Å². The fourth-order valence-electron chi connectivity index (χ4n) is 4.79. The Balaban J connectivity index is 1.35. The van der Waals surface area contributed by atoms with E-state index in [-0.39, 0.29) is 28.9 Å². The fraction of sp³-hybridized carbons (Fsp3) is 0.0938. The van der Waals surface area contributed by atoms with E-state index in [9.17, 15) is 18.0 Å². The molecule has 10 heteroatoms. The van der Waals surface area contributed by atoms with Crippen LogP contribution in [-0.2, 0) is 19.2 Å². The number of tetrazole rings is 1. The third kappa shape index (κ3) is 5.60. The highest BCUT2D eigenvalue weighted by Gasteiger charge is 2.34. The number of ketones is 1. The molecule has 6 rings (SSSR count). The number of halogens is 3. The van der Waals surface area contributed by atoms with Crippen molar-refractivity contribution in [3.63, 3.8) is 0 Å². The number of nitrogens with zero attached hydrogens (tertiary/aromatic N) is 4. The summed E-state index contributed by atoms with van der Waals surface area (Å²) >= 11 is 0. The second-order valence-electron chi connectivity index (χ2n) is 9.60. The van der Waals surface area contributed by atoms with Gasteiger partial charge in [0.05, 0.1) is 11.1 Å². The summed E-state index contributed by atoms with van der Waals surface area (Å²) in [4.78, 5) is 17.7. The molecule has 2 aromatic heterocycles. The van der Waals surface area contributed by atoms with E-state index in [0.717, 1.165) is 17.2 Å². The molecule has 0 aliphatic rings. The number of hydrogen-bond donors (Lipinski definition) is 1. The second kappa shape index (κ2) is 11.2. The van der Waals surface area contributed by atoms with Crippen molar-refractivity contribution in [2.75, 3.05) is 0 Å². The number of rotatable bonds is 8. The van der Waals surface area contributed by atoms with E-state index in [2.05, 4.69) is 25.6 Å². The minimum absolute atomic E-state index is 0.197. The van der Waals surface area contributed by atoms with E-state index < -0.39 is 11.7 Å². The number of pyridine rings is 1. The van der Waals surface area contributed by atoms with Crippen molar-refractivity contribution in [2.24, 2.45) is 0 Å². The Labute approximate surface area is 238 Å². The molecule has 0 unspecified atom stereocenters. The van der Waals surface area contributed by atoms with Crippen LogP contribution in [0.1, 0.15) is 38.4 Å². The summed E-state index contributed by atoms with van der Waals surface area (Å²) in [7, 11) is 0. The minimum Gasteiger partial charge on any atom is -0.489 e. The Hall–Kier alpha value is -5.38. The minimum atomic E-state index is -4.61. The van der Waals surface area contributed by atoms with E-state index in [1.807, 2.05) is 24.3 Å². The molecule has 0 saturated carbocycles. The Bertz CT molecular complexity index is 1860. The van der Waals surface area contributed by atoms with Crippen molar-refractivity contribution < 1.29 is 22.7 Å². The third-order valence-corrected chi connectivity index (χ3v) is 6.80. The first-order valence-corrected chi connectivity index (χ1v) is 13.0. The summed E-state index contributed by atoms with van der Waals surface area (Å²) in [5.41, 5.74) is 2.35. The van der Waals surface area contributed by atoms with E-state index in [1.165, 1.54) is 12.3 Å². The first kappa shape index (κ1) is 26.8. The van der Waals surface area contributed by atoms with Gasteiger partial charge in [-0.3, -0.25) is 9.78 Å². The zero-order chi connectivity index (χ0) is 29.1. The van der Waals surface area contributed by atoms with Gasteiger partial charge < -0.3 is 4.74 Å². The Kier molecular flexibility index (Phi) is 7.18. The van der Waals surface area contributed by atoms with Crippen molar-refractivity contribution in [1.82, 2.24) is 25.6 Å². The summed E-state index contributed by atoms with van der Waals surface area (Å²) in [6.45, 7) is 0.263. The molecule has 0 aliphatic carbocycles. The zero-order valence-electron chi connectivity index (χ0n) is 22.0. The molecule has 208 valence electrons. The number of alkyl halides is 3. The first-order valence-electron chi connectivity index (χ1n) is 13.0. The molecule has 1 N–H and O–H groups in total. The number of hydrogen-bond acceptors (Lipinski definition) is 6. The lowest BCUT2D eigenvalue weighted by molar-refractivity contribution is -0.136. The monoisotopic (exact) mass is 565 g/mol.